The van der Waals surface area contributed by atoms with E-state index in [9.17, 15) is 5.11 Å². The van der Waals surface area contributed by atoms with Crippen LogP contribution in [0.5, 0.6) is 0 Å². The molecule has 0 saturated carbocycles. The Morgan fingerprint density at radius 1 is 0.941 bits per heavy atom. The van der Waals surface area contributed by atoms with E-state index >= 15 is 0 Å². The third-order valence-electron chi connectivity index (χ3n) is 2.66. The van der Waals surface area contributed by atoms with Gasteiger partial charge in [0, 0.05) is 5.57 Å². The van der Waals surface area contributed by atoms with Crippen LogP contribution in [0, 0.1) is 0 Å². The average Bonchev–Trinajstić information content (AvgIpc) is 2.42. The summed E-state index contributed by atoms with van der Waals surface area (Å²) < 4.78 is 0. The fourth-order valence-electron chi connectivity index (χ4n) is 1.78. The second-order valence-corrected chi connectivity index (χ2v) is 3.77. The monoisotopic (exact) mass is 222 g/mol. The second-order valence-electron chi connectivity index (χ2n) is 3.77. The van der Waals surface area contributed by atoms with Gasteiger partial charge in [-0.2, -0.15) is 0 Å². The zero-order chi connectivity index (χ0) is 12.1. The molecule has 0 aliphatic carbocycles. The van der Waals surface area contributed by atoms with Gasteiger partial charge in [0.05, 0.1) is 0 Å². The first-order chi connectivity index (χ1) is 8.33. The van der Waals surface area contributed by atoms with Gasteiger partial charge >= 0.3 is 0 Å². The normalized spacial score (nSPS) is 11.6. The molecule has 2 rings (SSSR count). The molecule has 0 aliphatic rings. The first kappa shape index (κ1) is 11.4. The molecule has 17 heavy (non-hydrogen) atoms. The molecule has 0 aromatic heterocycles. The Morgan fingerprint density at radius 3 is 2.00 bits per heavy atom. The summed E-state index contributed by atoms with van der Waals surface area (Å²) in [5, 5.41) is 10.3. The summed E-state index contributed by atoms with van der Waals surface area (Å²) in [6.07, 6.45) is -0.684. The van der Waals surface area contributed by atoms with E-state index in [1.807, 2.05) is 60.7 Å². The summed E-state index contributed by atoms with van der Waals surface area (Å²) in [6.45, 7) is 3.66. The van der Waals surface area contributed by atoms with Crippen LogP contribution in [0.4, 0.5) is 0 Å². The van der Waals surface area contributed by atoms with Crippen LogP contribution in [0.25, 0.3) is 5.57 Å². The molecule has 2 aromatic carbocycles. The lowest BCUT2D eigenvalue weighted by Crippen LogP contribution is -1.99. The summed E-state index contributed by atoms with van der Waals surface area (Å²) >= 11 is 0. The van der Waals surface area contributed by atoms with Gasteiger partial charge < -0.3 is 5.11 Å². The Labute approximate surface area is 101 Å². The lowest BCUT2D eigenvalue weighted by Gasteiger charge is -2.13. The lowest BCUT2D eigenvalue weighted by molar-refractivity contribution is 0.238. The molecule has 0 amide bonds. The van der Waals surface area contributed by atoms with E-state index in [0.717, 1.165) is 11.1 Å². The van der Waals surface area contributed by atoms with E-state index in [-0.39, 0.29) is 0 Å². The second kappa shape index (κ2) is 5.31. The first-order valence-corrected chi connectivity index (χ1v) is 5.51. The Bertz CT molecular complexity index is 522. The highest BCUT2D eigenvalue weighted by atomic mass is 16.3. The van der Waals surface area contributed by atoms with E-state index in [2.05, 4.69) is 12.3 Å². The topological polar surface area (TPSA) is 20.2 Å². The summed E-state index contributed by atoms with van der Waals surface area (Å²) in [4.78, 5) is 0. The molecular weight excluding hydrogens is 208 g/mol. The minimum atomic E-state index is -0.684. The van der Waals surface area contributed by atoms with E-state index in [0.29, 0.717) is 5.57 Å². The smallest absolute Gasteiger partial charge is 0.112 e. The molecule has 0 radical (unpaired) electrons. The summed E-state index contributed by atoms with van der Waals surface area (Å²) in [7, 11) is 0. The molecule has 0 bridgehead atoms. The van der Waals surface area contributed by atoms with Crippen molar-refractivity contribution < 1.29 is 5.11 Å². The van der Waals surface area contributed by atoms with Gasteiger partial charge in [0.1, 0.15) is 6.10 Å². The molecule has 0 aliphatic heterocycles. The van der Waals surface area contributed by atoms with Crippen molar-refractivity contribution in [2.24, 2.45) is 0 Å². The Kier molecular flexibility index (Phi) is 3.56. The molecule has 1 heteroatoms. The Hall–Kier alpha value is -2.08. The highest BCUT2D eigenvalue weighted by Crippen LogP contribution is 2.28. The van der Waals surface area contributed by atoms with E-state index in [4.69, 9.17) is 0 Å². The Balaban J connectivity index is 2.36. The van der Waals surface area contributed by atoms with Gasteiger partial charge in [0.2, 0.25) is 0 Å². The van der Waals surface area contributed by atoms with E-state index < -0.39 is 6.10 Å². The number of hydrogen-bond acceptors (Lipinski definition) is 1. The lowest BCUT2D eigenvalue weighted by atomic mass is 9.96. The van der Waals surface area contributed by atoms with Crippen LogP contribution in [0.2, 0.25) is 0 Å². The number of benzene rings is 2. The molecule has 0 fully saturated rings. The van der Waals surface area contributed by atoms with Crippen molar-refractivity contribution in [3.63, 3.8) is 0 Å². The number of hydrogen-bond donors (Lipinski definition) is 1. The average molecular weight is 222 g/mol. The van der Waals surface area contributed by atoms with Gasteiger partial charge in [-0.05, 0) is 11.1 Å². The summed E-state index contributed by atoms with van der Waals surface area (Å²) in [6, 6.07) is 19.2. The maximum absolute atomic E-state index is 10.3. The largest absolute Gasteiger partial charge is 0.383 e. The standard InChI is InChI=1S/C16H14O/c1-2-15(13-9-5-3-6-10-13)16(17)14-11-7-4-8-12-14/h3-12,16-17H,1H2. The van der Waals surface area contributed by atoms with Gasteiger partial charge in [-0.15, -0.1) is 5.73 Å². The fraction of sp³-hybridized carbons (Fsp3) is 0.0625. The van der Waals surface area contributed by atoms with Gasteiger partial charge in [-0.1, -0.05) is 67.2 Å². The predicted molar refractivity (Wildman–Crippen MR) is 70.4 cm³/mol. The quantitative estimate of drug-likeness (QED) is 0.787. The van der Waals surface area contributed by atoms with Crippen LogP contribution in [0.1, 0.15) is 17.2 Å². The number of aliphatic hydroxyl groups is 1. The third kappa shape index (κ3) is 2.54. The van der Waals surface area contributed by atoms with Crippen molar-refractivity contribution in [2.75, 3.05) is 0 Å². The SMILES string of the molecule is C=C=C(c1ccccc1)C(O)c1ccccc1. The van der Waals surface area contributed by atoms with Crippen molar-refractivity contribution in [2.45, 2.75) is 6.10 Å². The molecule has 1 unspecified atom stereocenters. The maximum atomic E-state index is 10.3. The van der Waals surface area contributed by atoms with Gasteiger partial charge in [0.25, 0.3) is 0 Å². The van der Waals surface area contributed by atoms with Crippen LogP contribution < -0.4 is 0 Å². The van der Waals surface area contributed by atoms with Crippen LogP contribution >= 0.6 is 0 Å². The minimum Gasteiger partial charge on any atom is -0.383 e. The van der Waals surface area contributed by atoms with Gasteiger partial charge in [-0.25, -0.2) is 0 Å². The Morgan fingerprint density at radius 2 is 1.47 bits per heavy atom. The van der Waals surface area contributed by atoms with Crippen LogP contribution in [0.3, 0.4) is 0 Å². The molecule has 2 aromatic rings. The van der Waals surface area contributed by atoms with Crippen molar-refractivity contribution in [3.05, 3.63) is 84.1 Å². The summed E-state index contributed by atoms with van der Waals surface area (Å²) in [5.74, 6) is 0. The number of aliphatic hydroxyl groups excluding tert-OH is 1. The predicted octanol–water partition coefficient (Wildman–Crippen LogP) is 3.59. The minimum absolute atomic E-state index is 0.684. The van der Waals surface area contributed by atoms with Crippen molar-refractivity contribution in [1.29, 1.82) is 0 Å². The maximum Gasteiger partial charge on any atom is 0.112 e. The molecule has 1 N–H and O–H groups in total. The van der Waals surface area contributed by atoms with Crippen LogP contribution in [-0.4, -0.2) is 5.11 Å². The molecule has 0 spiro atoms. The van der Waals surface area contributed by atoms with Crippen molar-refractivity contribution in [1.82, 2.24) is 0 Å². The molecular formula is C16H14O. The highest BCUT2D eigenvalue weighted by molar-refractivity contribution is 5.69. The van der Waals surface area contributed by atoms with E-state index in [1.54, 1.807) is 0 Å². The first-order valence-electron chi connectivity index (χ1n) is 5.51. The summed E-state index contributed by atoms with van der Waals surface area (Å²) in [5.41, 5.74) is 5.33. The van der Waals surface area contributed by atoms with Crippen LogP contribution in [0.15, 0.2) is 73.0 Å². The van der Waals surface area contributed by atoms with Gasteiger partial charge in [0.15, 0.2) is 0 Å². The molecule has 84 valence electrons. The molecule has 0 heterocycles. The molecule has 1 atom stereocenters. The third-order valence-corrected chi connectivity index (χ3v) is 2.66. The van der Waals surface area contributed by atoms with Gasteiger partial charge in [-0.3, -0.25) is 0 Å². The van der Waals surface area contributed by atoms with Crippen LogP contribution in [-0.2, 0) is 0 Å². The zero-order valence-electron chi connectivity index (χ0n) is 9.51. The molecule has 0 saturated heterocycles. The van der Waals surface area contributed by atoms with E-state index in [1.165, 1.54) is 0 Å². The fourth-order valence-corrected chi connectivity index (χ4v) is 1.78. The zero-order valence-corrected chi connectivity index (χ0v) is 9.51. The van der Waals surface area contributed by atoms with Crippen molar-refractivity contribution >= 4 is 5.57 Å². The highest BCUT2D eigenvalue weighted by Gasteiger charge is 2.13. The van der Waals surface area contributed by atoms with Crippen molar-refractivity contribution in [3.8, 4) is 0 Å². The number of rotatable bonds is 3. The molecule has 1 nitrogen and oxygen atoms in total.